The molecule has 0 saturated heterocycles. The van der Waals surface area contributed by atoms with E-state index in [4.69, 9.17) is 26.0 Å². The van der Waals surface area contributed by atoms with Crippen LogP contribution < -0.4 is 10.1 Å². The molecule has 0 fully saturated rings. The lowest BCUT2D eigenvalue weighted by molar-refractivity contribution is -0.140. The number of benzene rings is 3. The third-order valence-electron chi connectivity index (χ3n) is 5.38. The molecule has 0 aliphatic carbocycles. The predicted molar refractivity (Wildman–Crippen MR) is 148 cm³/mol. The lowest BCUT2D eigenvalue weighted by Gasteiger charge is -2.20. The SMILES string of the molecule is CC(C)(C)OC(=O)N/C(=C\c1cn(Cl)c2cc(OCc3ccccc3)ccc12)C(=O)OCc1ccccc1. The molecule has 38 heavy (non-hydrogen) atoms. The maximum atomic E-state index is 13.0. The molecule has 4 rings (SSSR count). The standard InChI is InChI=1S/C30H29ClN2O5/c1-30(2,3)38-29(35)32-26(28(34)37-20-22-12-8-5-9-13-22)16-23-18-33(31)27-17-24(14-15-25(23)27)36-19-21-10-6-4-7-11-21/h4-18H,19-20H2,1-3H3,(H,32,35)/b26-16-. The number of nitrogens with zero attached hydrogens (tertiary/aromatic N) is 1. The Hall–Kier alpha value is -4.23. The van der Waals surface area contributed by atoms with Gasteiger partial charge in [-0.2, -0.15) is 0 Å². The van der Waals surface area contributed by atoms with Crippen molar-refractivity contribution in [2.75, 3.05) is 0 Å². The van der Waals surface area contributed by atoms with Crippen LogP contribution in [0, 0.1) is 0 Å². The monoisotopic (exact) mass is 532 g/mol. The molecule has 0 saturated carbocycles. The summed E-state index contributed by atoms with van der Waals surface area (Å²) in [6.45, 7) is 5.68. The number of halogens is 1. The molecule has 0 bridgehead atoms. The van der Waals surface area contributed by atoms with Gasteiger partial charge in [-0.15, -0.1) is 0 Å². The molecule has 0 spiro atoms. The van der Waals surface area contributed by atoms with E-state index in [9.17, 15) is 9.59 Å². The second-order valence-electron chi connectivity index (χ2n) is 9.60. The van der Waals surface area contributed by atoms with Crippen molar-refractivity contribution in [3.63, 3.8) is 0 Å². The van der Waals surface area contributed by atoms with E-state index in [1.807, 2.05) is 78.9 Å². The third-order valence-corrected chi connectivity index (χ3v) is 5.66. The van der Waals surface area contributed by atoms with Crippen molar-refractivity contribution in [1.82, 2.24) is 9.40 Å². The van der Waals surface area contributed by atoms with Gasteiger partial charge < -0.3 is 14.2 Å². The Labute approximate surface area is 226 Å². The Balaban J connectivity index is 1.59. The lowest BCUT2D eigenvalue weighted by atomic mass is 10.1. The largest absolute Gasteiger partial charge is 0.489 e. The first-order valence-electron chi connectivity index (χ1n) is 12.1. The van der Waals surface area contributed by atoms with Crippen molar-refractivity contribution in [3.05, 3.63) is 107 Å². The normalized spacial score (nSPS) is 11.7. The maximum Gasteiger partial charge on any atom is 0.412 e. The van der Waals surface area contributed by atoms with Gasteiger partial charge in [0.15, 0.2) is 0 Å². The fraction of sp³-hybridized carbons (Fsp3) is 0.200. The molecule has 1 aromatic heterocycles. The van der Waals surface area contributed by atoms with Crippen LogP contribution in [0.1, 0.15) is 37.5 Å². The molecule has 7 nitrogen and oxygen atoms in total. The minimum absolute atomic E-state index is 0.0480. The number of hydrogen-bond acceptors (Lipinski definition) is 5. The average Bonchev–Trinajstić information content (AvgIpc) is 3.20. The van der Waals surface area contributed by atoms with E-state index in [1.54, 1.807) is 27.0 Å². The van der Waals surface area contributed by atoms with Crippen molar-refractivity contribution in [1.29, 1.82) is 0 Å². The van der Waals surface area contributed by atoms with Crippen LogP contribution in [-0.4, -0.2) is 21.7 Å². The van der Waals surface area contributed by atoms with E-state index in [0.717, 1.165) is 16.5 Å². The van der Waals surface area contributed by atoms with Gasteiger partial charge in [-0.1, -0.05) is 60.7 Å². The Bertz CT molecular complexity index is 1440. The van der Waals surface area contributed by atoms with Crippen molar-refractivity contribution in [3.8, 4) is 5.75 Å². The highest BCUT2D eigenvalue weighted by atomic mass is 35.5. The molecule has 0 unspecified atom stereocenters. The molecule has 0 aliphatic rings. The molecular weight excluding hydrogens is 504 g/mol. The minimum Gasteiger partial charge on any atom is -0.489 e. The first-order valence-corrected chi connectivity index (χ1v) is 12.4. The number of esters is 1. The van der Waals surface area contributed by atoms with Gasteiger partial charge in [0.25, 0.3) is 0 Å². The Morgan fingerprint density at radius 3 is 2.18 bits per heavy atom. The van der Waals surface area contributed by atoms with E-state index < -0.39 is 17.7 Å². The molecule has 1 amide bonds. The number of hydrogen-bond donors (Lipinski definition) is 1. The van der Waals surface area contributed by atoms with Gasteiger partial charge in [0.1, 0.15) is 30.3 Å². The fourth-order valence-corrected chi connectivity index (χ4v) is 3.90. The number of fused-ring (bicyclic) bond motifs is 1. The number of rotatable bonds is 8. The maximum absolute atomic E-state index is 13.0. The van der Waals surface area contributed by atoms with Crippen LogP contribution >= 0.6 is 11.8 Å². The third kappa shape index (κ3) is 7.40. The highest BCUT2D eigenvalue weighted by Gasteiger charge is 2.21. The smallest absolute Gasteiger partial charge is 0.412 e. The summed E-state index contributed by atoms with van der Waals surface area (Å²) in [5, 5.41) is 3.29. The van der Waals surface area contributed by atoms with E-state index >= 15 is 0 Å². The van der Waals surface area contributed by atoms with Gasteiger partial charge in [-0.3, -0.25) is 9.40 Å². The van der Waals surface area contributed by atoms with Crippen LogP contribution in [0.2, 0.25) is 0 Å². The molecule has 4 aromatic rings. The van der Waals surface area contributed by atoms with Crippen molar-refractivity contribution in [2.45, 2.75) is 39.6 Å². The number of amides is 1. The molecule has 3 aromatic carbocycles. The zero-order valence-corrected chi connectivity index (χ0v) is 22.2. The first kappa shape index (κ1) is 26.8. The topological polar surface area (TPSA) is 78.8 Å². The van der Waals surface area contributed by atoms with Gasteiger partial charge in [0, 0.05) is 35.0 Å². The van der Waals surface area contributed by atoms with Crippen molar-refractivity contribution >= 4 is 40.8 Å². The second-order valence-corrected chi connectivity index (χ2v) is 9.96. The number of aromatic nitrogens is 1. The second kappa shape index (κ2) is 11.9. The Morgan fingerprint density at radius 1 is 0.921 bits per heavy atom. The summed E-state index contributed by atoms with van der Waals surface area (Å²) in [6, 6.07) is 24.6. The lowest BCUT2D eigenvalue weighted by Crippen LogP contribution is -2.34. The van der Waals surface area contributed by atoms with Crippen molar-refractivity contribution < 1.29 is 23.8 Å². The van der Waals surface area contributed by atoms with E-state index in [0.29, 0.717) is 23.4 Å². The van der Waals surface area contributed by atoms with E-state index in [-0.39, 0.29) is 12.3 Å². The molecular formula is C30H29ClN2O5. The van der Waals surface area contributed by atoms with Crippen LogP contribution in [0.15, 0.2) is 90.8 Å². The van der Waals surface area contributed by atoms with E-state index in [2.05, 4.69) is 5.32 Å². The van der Waals surface area contributed by atoms with E-state index in [1.165, 1.54) is 10.2 Å². The molecule has 0 atom stereocenters. The van der Waals surface area contributed by atoms with Crippen LogP contribution in [0.5, 0.6) is 5.75 Å². The Kier molecular flexibility index (Phi) is 8.38. The highest BCUT2D eigenvalue weighted by molar-refractivity contribution is 6.20. The summed E-state index contributed by atoms with van der Waals surface area (Å²) < 4.78 is 18.1. The van der Waals surface area contributed by atoms with Gasteiger partial charge in [0.2, 0.25) is 0 Å². The Morgan fingerprint density at radius 2 is 1.55 bits per heavy atom. The van der Waals surface area contributed by atoms with Gasteiger partial charge in [-0.25, -0.2) is 9.59 Å². The van der Waals surface area contributed by atoms with Gasteiger partial charge >= 0.3 is 12.1 Å². The minimum atomic E-state index is -0.772. The zero-order valence-electron chi connectivity index (χ0n) is 21.4. The number of nitrogens with one attached hydrogen (secondary N) is 1. The molecule has 0 radical (unpaired) electrons. The van der Waals surface area contributed by atoms with Crippen molar-refractivity contribution in [2.24, 2.45) is 0 Å². The number of carbonyl (C=O) groups is 2. The summed E-state index contributed by atoms with van der Waals surface area (Å²) >= 11 is 6.47. The average molecular weight is 533 g/mol. The van der Waals surface area contributed by atoms with Crippen LogP contribution in [-0.2, 0) is 27.5 Å². The quantitative estimate of drug-likeness (QED) is 0.199. The summed E-state index contributed by atoms with van der Waals surface area (Å²) in [7, 11) is 0. The van der Waals surface area contributed by atoms with Crippen LogP contribution in [0.25, 0.3) is 17.0 Å². The van der Waals surface area contributed by atoms with Crippen LogP contribution in [0.3, 0.4) is 0 Å². The van der Waals surface area contributed by atoms with Gasteiger partial charge in [0.05, 0.1) is 5.52 Å². The highest BCUT2D eigenvalue weighted by Crippen LogP contribution is 2.29. The summed E-state index contributed by atoms with van der Waals surface area (Å²) in [5.41, 5.74) is 2.32. The fourth-order valence-electron chi connectivity index (χ4n) is 3.66. The molecule has 8 heteroatoms. The summed E-state index contributed by atoms with van der Waals surface area (Å²) in [6.07, 6.45) is 2.39. The van der Waals surface area contributed by atoms with Crippen LogP contribution in [0.4, 0.5) is 4.79 Å². The zero-order chi connectivity index (χ0) is 27.1. The van der Waals surface area contributed by atoms with Gasteiger partial charge in [-0.05, 0) is 50.1 Å². The molecule has 196 valence electrons. The molecule has 0 aliphatic heterocycles. The first-order chi connectivity index (χ1) is 18.2. The summed E-state index contributed by atoms with van der Waals surface area (Å²) in [5.74, 6) is -0.0655. The predicted octanol–water partition coefficient (Wildman–Crippen LogP) is 6.83. The molecule has 1 heterocycles. The number of carbonyl (C=O) groups excluding carboxylic acids is 2. The molecule has 1 N–H and O–H groups in total. The number of ether oxygens (including phenoxy) is 3. The summed E-state index contributed by atoms with van der Waals surface area (Å²) in [4.78, 5) is 25.5. The number of alkyl carbamates (subject to hydrolysis) is 1.